The van der Waals surface area contributed by atoms with E-state index in [0.29, 0.717) is 11.3 Å². The molecule has 4 nitrogen and oxygen atoms in total. The van der Waals surface area contributed by atoms with E-state index in [0.717, 1.165) is 38.3 Å². The lowest BCUT2D eigenvalue weighted by Gasteiger charge is -2.34. The molecule has 1 aromatic rings. The number of carbonyl (C=O) groups is 1. The minimum Gasteiger partial charge on any atom is -0.398 e. The molecule has 0 aliphatic carbocycles. The first kappa shape index (κ1) is 13.9. The molecule has 0 aromatic heterocycles. The van der Waals surface area contributed by atoms with E-state index in [-0.39, 0.29) is 5.91 Å². The Balaban J connectivity index is 1.99. The van der Waals surface area contributed by atoms with Gasteiger partial charge in [0.25, 0.3) is 5.91 Å². The number of amides is 1. The van der Waals surface area contributed by atoms with Crippen LogP contribution in [0.15, 0.2) is 18.2 Å². The summed E-state index contributed by atoms with van der Waals surface area (Å²) in [6, 6.07) is 5.57. The van der Waals surface area contributed by atoms with Gasteiger partial charge in [-0.25, -0.2) is 0 Å². The molecule has 0 spiro atoms. The standard InChI is InChI=1S/C15H23N3O/c1-3-6-17-7-9-18(10-8-17)15(19)13-5-4-12(2)14(16)11-13/h4-5,11H,3,6-10,16H2,1-2H3. The maximum Gasteiger partial charge on any atom is 0.254 e. The predicted octanol–water partition coefficient (Wildman–Crippen LogP) is 1.75. The minimum atomic E-state index is 0.0999. The highest BCUT2D eigenvalue weighted by Gasteiger charge is 2.21. The Hall–Kier alpha value is -1.55. The van der Waals surface area contributed by atoms with Gasteiger partial charge in [-0.3, -0.25) is 9.69 Å². The number of nitrogen functional groups attached to an aromatic ring is 1. The predicted molar refractivity (Wildman–Crippen MR) is 78.2 cm³/mol. The summed E-state index contributed by atoms with van der Waals surface area (Å²) in [5.41, 5.74) is 8.28. The van der Waals surface area contributed by atoms with Crippen LogP contribution in [0, 0.1) is 6.92 Å². The highest BCUT2D eigenvalue weighted by atomic mass is 16.2. The molecule has 0 bridgehead atoms. The van der Waals surface area contributed by atoms with Crippen LogP contribution in [0.3, 0.4) is 0 Å². The van der Waals surface area contributed by atoms with Crippen molar-refractivity contribution in [3.8, 4) is 0 Å². The number of aryl methyl sites for hydroxylation is 1. The number of anilines is 1. The van der Waals surface area contributed by atoms with Crippen molar-refractivity contribution in [2.24, 2.45) is 0 Å². The third kappa shape index (κ3) is 3.26. The summed E-state index contributed by atoms with van der Waals surface area (Å²) in [4.78, 5) is 16.7. The van der Waals surface area contributed by atoms with E-state index < -0.39 is 0 Å². The van der Waals surface area contributed by atoms with Crippen LogP contribution in [0.2, 0.25) is 0 Å². The number of piperazine rings is 1. The van der Waals surface area contributed by atoms with Gasteiger partial charge in [0.15, 0.2) is 0 Å². The van der Waals surface area contributed by atoms with Crippen molar-refractivity contribution in [2.75, 3.05) is 38.5 Å². The molecule has 2 rings (SSSR count). The lowest BCUT2D eigenvalue weighted by molar-refractivity contribution is 0.0637. The summed E-state index contributed by atoms with van der Waals surface area (Å²) < 4.78 is 0. The van der Waals surface area contributed by atoms with E-state index in [1.54, 1.807) is 6.07 Å². The Bertz CT molecular complexity index is 451. The van der Waals surface area contributed by atoms with Crippen LogP contribution in [-0.2, 0) is 0 Å². The molecule has 19 heavy (non-hydrogen) atoms. The number of hydrogen-bond acceptors (Lipinski definition) is 3. The lowest BCUT2D eigenvalue weighted by Crippen LogP contribution is -2.48. The molecule has 0 atom stereocenters. The van der Waals surface area contributed by atoms with Gasteiger partial charge in [-0.2, -0.15) is 0 Å². The second kappa shape index (κ2) is 6.06. The second-order valence-electron chi connectivity index (χ2n) is 5.21. The van der Waals surface area contributed by atoms with Crippen molar-refractivity contribution in [3.05, 3.63) is 29.3 Å². The van der Waals surface area contributed by atoms with E-state index in [2.05, 4.69) is 11.8 Å². The molecule has 1 heterocycles. The summed E-state index contributed by atoms with van der Waals surface area (Å²) in [5.74, 6) is 0.0999. The average Bonchev–Trinajstić information content (AvgIpc) is 2.42. The molecular formula is C15H23N3O. The number of benzene rings is 1. The van der Waals surface area contributed by atoms with E-state index in [9.17, 15) is 4.79 Å². The van der Waals surface area contributed by atoms with Crippen LogP contribution >= 0.6 is 0 Å². The Kier molecular flexibility index (Phi) is 4.43. The van der Waals surface area contributed by atoms with Gasteiger partial charge < -0.3 is 10.6 Å². The molecule has 1 aliphatic heterocycles. The molecule has 0 saturated carbocycles. The molecule has 1 amide bonds. The first-order valence-corrected chi connectivity index (χ1v) is 6.99. The molecule has 1 saturated heterocycles. The van der Waals surface area contributed by atoms with Crippen LogP contribution in [0.5, 0.6) is 0 Å². The highest BCUT2D eigenvalue weighted by Crippen LogP contribution is 2.15. The molecule has 1 aromatic carbocycles. The van der Waals surface area contributed by atoms with Crippen molar-refractivity contribution in [1.82, 2.24) is 9.80 Å². The van der Waals surface area contributed by atoms with E-state index >= 15 is 0 Å². The number of carbonyl (C=O) groups excluding carboxylic acids is 1. The van der Waals surface area contributed by atoms with Gasteiger partial charge in [0, 0.05) is 37.4 Å². The fourth-order valence-electron chi connectivity index (χ4n) is 2.45. The zero-order valence-electron chi connectivity index (χ0n) is 11.9. The summed E-state index contributed by atoms with van der Waals surface area (Å²) in [5, 5.41) is 0. The normalized spacial score (nSPS) is 16.6. The molecule has 1 aliphatic rings. The van der Waals surface area contributed by atoms with Gasteiger partial charge in [-0.05, 0) is 37.6 Å². The zero-order chi connectivity index (χ0) is 13.8. The molecule has 0 radical (unpaired) electrons. The van der Waals surface area contributed by atoms with Crippen LogP contribution in [0.1, 0.15) is 29.3 Å². The van der Waals surface area contributed by atoms with Crippen LogP contribution in [0.25, 0.3) is 0 Å². The van der Waals surface area contributed by atoms with E-state index in [4.69, 9.17) is 5.73 Å². The fraction of sp³-hybridized carbons (Fsp3) is 0.533. The monoisotopic (exact) mass is 261 g/mol. The second-order valence-corrected chi connectivity index (χ2v) is 5.21. The smallest absolute Gasteiger partial charge is 0.254 e. The topological polar surface area (TPSA) is 49.6 Å². The molecule has 0 unspecified atom stereocenters. The van der Waals surface area contributed by atoms with Gasteiger partial charge in [0.1, 0.15) is 0 Å². The van der Waals surface area contributed by atoms with Gasteiger partial charge in [-0.1, -0.05) is 13.0 Å². The molecule has 104 valence electrons. The van der Waals surface area contributed by atoms with Crippen molar-refractivity contribution in [2.45, 2.75) is 20.3 Å². The molecule has 1 fully saturated rings. The molecular weight excluding hydrogens is 238 g/mol. The maximum atomic E-state index is 12.4. The van der Waals surface area contributed by atoms with Crippen molar-refractivity contribution < 1.29 is 4.79 Å². The highest BCUT2D eigenvalue weighted by molar-refractivity contribution is 5.95. The minimum absolute atomic E-state index is 0.0999. The molecule has 4 heteroatoms. The van der Waals surface area contributed by atoms with Gasteiger partial charge in [0.05, 0.1) is 0 Å². The van der Waals surface area contributed by atoms with Crippen molar-refractivity contribution in [3.63, 3.8) is 0 Å². The summed E-state index contributed by atoms with van der Waals surface area (Å²) in [6.07, 6.45) is 1.17. The number of rotatable bonds is 3. The van der Waals surface area contributed by atoms with Crippen molar-refractivity contribution in [1.29, 1.82) is 0 Å². The summed E-state index contributed by atoms with van der Waals surface area (Å²) in [7, 11) is 0. The third-order valence-electron chi connectivity index (χ3n) is 3.73. The number of nitrogens with two attached hydrogens (primary N) is 1. The Labute approximate surface area is 115 Å². The number of nitrogens with zero attached hydrogens (tertiary/aromatic N) is 2. The Morgan fingerprint density at radius 2 is 1.95 bits per heavy atom. The first-order chi connectivity index (χ1) is 9.11. The number of hydrogen-bond donors (Lipinski definition) is 1. The largest absolute Gasteiger partial charge is 0.398 e. The van der Waals surface area contributed by atoms with Gasteiger partial charge >= 0.3 is 0 Å². The Morgan fingerprint density at radius 3 is 2.53 bits per heavy atom. The van der Waals surface area contributed by atoms with Crippen LogP contribution in [0.4, 0.5) is 5.69 Å². The van der Waals surface area contributed by atoms with Gasteiger partial charge in [0.2, 0.25) is 0 Å². The van der Waals surface area contributed by atoms with Gasteiger partial charge in [-0.15, -0.1) is 0 Å². The van der Waals surface area contributed by atoms with E-state index in [1.165, 1.54) is 6.42 Å². The first-order valence-electron chi connectivity index (χ1n) is 6.99. The quantitative estimate of drug-likeness (QED) is 0.843. The van der Waals surface area contributed by atoms with Crippen LogP contribution < -0.4 is 5.73 Å². The third-order valence-corrected chi connectivity index (χ3v) is 3.73. The fourth-order valence-corrected chi connectivity index (χ4v) is 2.45. The lowest BCUT2D eigenvalue weighted by atomic mass is 10.1. The SMILES string of the molecule is CCCN1CCN(C(=O)c2ccc(C)c(N)c2)CC1. The van der Waals surface area contributed by atoms with E-state index in [1.807, 2.05) is 24.0 Å². The average molecular weight is 261 g/mol. The zero-order valence-corrected chi connectivity index (χ0v) is 11.9. The van der Waals surface area contributed by atoms with Crippen molar-refractivity contribution >= 4 is 11.6 Å². The maximum absolute atomic E-state index is 12.4. The summed E-state index contributed by atoms with van der Waals surface area (Å²) in [6.45, 7) is 8.83. The Morgan fingerprint density at radius 1 is 1.26 bits per heavy atom. The molecule has 2 N–H and O–H groups in total. The summed E-state index contributed by atoms with van der Waals surface area (Å²) >= 11 is 0. The van der Waals surface area contributed by atoms with Crippen LogP contribution in [-0.4, -0.2) is 48.4 Å².